The van der Waals surface area contributed by atoms with Crippen molar-refractivity contribution >= 4 is 34.8 Å². The fraction of sp³-hybridized carbons (Fsp3) is 0.350. The van der Waals surface area contributed by atoms with Gasteiger partial charge >= 0.3 is 0 Å². The van der Waals surface area contributed by atoms with Crippen LogP contribution in [-0.2, 0) is 0 Å². The van der Waals surface area contributed by atoms with Crippen molar-refractivity contribution in [3.05, 3.63) is 64.1 Å². The van der Waals surface area contributed by atoms with Crippen LogP contribution in [0.3, 0.4) is 0 Å². The molecule has 0 aliphatic carbocycles. The number of benzene rings is 2. The SMILES string of the molecule is O=C(NCCCN1CCN(c2ccccc2)CC1)c1cc(Cl)ccc1Cl. The van der Waals surface area contributed by atoms with E-state index < -0.39 is 0 Å². The maximum absolute atomic E-state index is 12.2. The molecular weight excluding hydrogens is 369 g/mol. The summed E-state index contributed by atoms with van der Waals surface area (Å²) < 4.78 is 0. The van der Waals surface area contributed by atoms with Gasteiger partial charge in [0.05, 0.1) is 10.6 Å². The molecule has 0 bridgehead atoms. The molecule has 1 fully saturated rings. The first-order valence-electron chi connectivity index (χ1n) is 8.89. The molecule has 1 amide bonds. The maximum atomic E-state index is 12.2. The van der Waals surface area contributed by atoms with Gasteiger partial charge in [-0.1, -0.05) is 41.4 Å². The van der Waals surface area contributed by atoms with Crippen molar-refractivity contribution in [2.24, 2.45) is 0 Å². The molecule has 0 unspecified atom stereocenters. The fourth-order valence-corrected chi connectivity index (χ4v) is 3.52. The van der Waals surface area contributed by atoms with Crippen LogP contribution in [0.2, 0.25) is 10.0 Å². The van der Waals surface area contributed by atoms with Crippen LogP contribution in [0, 0.1) is 0 Å². The fourth-order valence-electron chi connectivity index (χ4n) is 3.14. The van der Waals surface area contributed by atoms with E-state index in [2.05, 4.69) is 39.4 Å². The van der Waals surface area contributed by atoms with Crippen molar-refractivity contribution < 1.29 is 4.79 Å². The van der Waals surface area contributed by atoms with Crippen LogP contribution in [0.25, 0.3) is 0 Å². The molecule has 0 radical (unpaired) electrons. The van der Waals surface area contributed by atoms with Crippen LogP contribution in [0.5, 0.6) is 0 Å². The number of para-hydroxylation sites is 1. The highest BCUT2D eigenvalue weighted by atomic mass is 35.5. The van der Waals surface area contributed by atoms with Gasteiger partial charge in [-0.2, -0.15) is 0 Å². The normalized spacial score (nSPS) is 15.1. The van der Waals surface area contributed by atoms with E-state index >= 15 is 0 Å². The van der Waals surface area contributed by atoms with Crippen molar-refractivity contribution in [2.75, 3.05) is 44.2 Å². The Labute approximate surface area is 164 Å². The molecule has 1 aliphatic heterocycles. The molecule has 0 spiro atoms. The molecule has 6 heteroatoms. The molecule has 3 rings (SSSR count). The molecule has 26 heavy (non-hydrogen) atoms. The molecule has 1 heterocycles. The number of anilines is 1. The van der Waals surface area contributed by atoms with Gasteiger partial charge < -0.3 is 10.2 Å². The predicted molar refractivity (Wildman–Crippen MR) is 109 cm³/mol. The van der Waals surface area contributed by atoms with Gasteiger partial charge in [0.2, 0.25) is 0 Å². The van der Waals surface area contributed by atoms with E-state index in [1.165, 1.54) is 5.69 Å². The summed E-state index contributed by atoms with van der Waals surface area (Å²) in [6, 6.07) is 15.4. The second kappa shape index (κ2) is 9.26. The van der Waals surface area contributed by atoms with Gasteiger partial charge in [-0.3, -0.25) is 9.69 Å². The van der Waals surface area contributed by atoms with Gasteiger partial charge in [-0.05, 0) is 43.3 Å². The lowest BCUT2D eigenvalue weighted by molar-refractivity contribution is 0.0951. The lowest BCUT2D eigenvalue weighted by atomic mass is 10.2. The number of nitrogens with zero attached hydrogens (tertiary/aromatic N) is 2. The number of amides is 1. The zero-order chi connectivity index (χ0) is 18.4. The van der Waals surface area contributed by atoms with E-state index in [9.17, 15) is 4.79 Å². The summed E-state index contributed by atoms with van der Waals surface area (Å²) >= 11 is 12.0. The summed E-state index contributed by atoms with van der Waals surface area (Å²) in [6.07, 6.45) is 0.912. The first-order chi connectivity index (χ1) is 12.6. The van der Waals surface area contributed by atoms with E-state index in [4.69, 9.17) is 23.2 Å². The van der Waals surface area contributed by atoms with Gasteiger partial charge in [0.25, 0.3) is 5.91 Å². The highest BCUT2D eigenvalue weighted by Crippen LogP contribution is 2.20. The van der Waals surface area contributed by atoms with E-state index in [1.807, 2.05) is 6.07 Å². The summed E-state index contributed by atoms with van der Waals surface area (Å²) in [5.41, 5.74) is 1.72. The largest absolute Gasteiger partial charge is 0.369 e. The van der Waals surface area contributed by atoms with Crippen LogP contribution in [-0.4, -0.2) is 50.1 Å². The Bertz CT molecular complexity index is 731. The van der Waals surface area contributed by atoms with Gasteiger partial charge in [-0.25, -0.2) is 0 Å². The van der Waals surface area contributed by atoms with E-state index in [0.29, 0.717) is 22.2 Å². The number of carbonyl (C=O) groups excluding carboxylic acids is 1. The molecule has 0 aromatic heterocycles. The standard InChI is InChI=1S/C20H23Cl2N3O/c21-16-7-8-19(22)18(15-16)20(26)23-9-4-10-24-11-13-25(14-12-24)17-5-2-1-3-6-17/h1-3,5-8,15H,4,9-14H2,(H,23,26). The van der Waals surface area contributed by atoms with Crippen LogP contribution < -0.4 is 10.2 Å². The molecule has 0 atom stereocenters. The molecule has 2 aromatic rings. The zero-order valence-electron chi connectivity index (χ0n) is 14.6. The van der Waals surface area contributed by atoms with Crippen molar-refractivity contribution in [2.45, 2.75) is 6.42 Å². The smallest absolute Gasteiger partial charge is 0.252 e. The summed E-state index contributed by atoms with van der Waals surface area (Å²) in [5, 5.41) is 3.85. The second-order valence-corrected chi connectivity index (χ2v) is 7.24. The minimum atomic E-state index is -0.175. The minimum Gasteiger partial charge on any atom is -0.369 e. The van der Waals surface area contributed by atoms with Gasteiger partial charge in [0, 0.05) is 43.4 Å². The number of nitrogens with one attached hydrogen (secondary N) is 1. The summed E-state index contributed by atoms with van der Waals surface area (Å²) in [5.74, 6) is -0.175. The third-order valence-electron chi connectivity index (χ3n) is 4.60. The topological polar surface area (TPSA) is 35.6 Å². The zero-order valence-corrected chi connectivity index (χ0v) is 16.1. The van der Waals surface area contributed by atoms with Crippen LogP contribution in [0.15, 0.2) is 48.5 Å². The lowest BCUT2D eigenvalue weighted by Gasteiger charge is -2.36. The van der Waals surface area contributed by atoms with Gasteiger partial charge in [-0.15, -0.1) is 0 Å². The monoisotopic (exact) mass is 391 g/mol. The first kappa shape index (κ1) is 19.0. The van der Waals surface area contributed by atoms with Crippen LogP contribution in [0.1, 0.15) is 16.8 Å². The minimum absolute atomic E-state index is 0.175. The quantitative estimate of drug-likeness (QED) is 0.757. The highest BCUT2D eigenvalue weighted by Gasteiger charge is 2.17. The molecule has 0 saturated carbocycles. The van der Waals surface area contributed by atoms with Crippen LogP contribution >= 0.6 is 23.2 Å². The third kappa shape index (κ3) is 5.13. The first-order valence-corrected chi connectivity index (χ1v) is 9.65. The number of carbonyl (C=O) groups is 1. The Morgan fingerprint density at radius 3 is 2.46 bits per heavy atom. The van der Waals surface area contributed by atoms with Crippen molar-refractivity contribution in [1.82, 2.24) is 10.2 Å². The molecule has 1 saturated heterocycles. The summed E-state index contributed by atoms with van der Waals surface area (Å²) in [4.78, 5) is 17.1. The maximum Gasteiger partial charge on any atom is 0.252 e. The van der Waals surface area contributed by atoms with Gasteiger partial charge in [0.15, 0.2) is 0 Å². The Morgan fingerprint density at radius 2 is 1.73 bits per heavy atom. The summed E-state index contributed by atoms with van der Waals surface area (Å²) in [6.45, 7) is 5.77. The average molecular weight is 392 g/mol. The molecule has 1 N–H and O–H groups in total. The predicted octanol–water partition coefficient (Wildman–Crippen LogP) is 3.94. The van der Waals surface area contributed by atoms with Crippen molar-refractivity contribution in [3.63, 3.8) is 0 Å². The average Bonchev–Trinajstić information content (AvgIpc) is 2.68. The number of hydrogen-bond acceptors (Lipinski definition) is 3. The number of rotatable bonds is 6. The molecule has 4 nitrogen and oxygen atoms in total. The summed E-state index contributed by atoms with van der Waals surface area (Å²) in [7, 11) is 0. The van der Waals surface area contributed by atoms with E-state index in [-0.39, 0.29) is 5.91 Å². The molecule has 138 valence electrons. The number of halogens is 2. The van der Waals surface area contributed by atoms with Crippen LogP contribution in [0.4, 0.5) is 5.69 Å². The van der Waals surface area contributed by atoms with Crippen molar-refractivity contribution in [1.29, 1.82) is 0 Å². The number of piperazine rings is 1. The van der Waals surface area contributed by atoms with E-state index in [0.717, 1.165) is 39.1 Å². The second-order valence-electron chi connectivity index (χ2n) is 6.40. The highest BCUT2D eigenvalue weighted by molar-refractivity contribution is 6.35. The van der Waals surface area contributed by atoms with E-state index in [1.54, 1.807) is 18.2 Å². The van der Waals surface area contributed by atoms with Gasteiger partial charge in [0.1, 0.15) is 0 Å². The Morgan fingerprint density at radius 1 is 1.00 bits per heavy atom. The number of hydrogen-bond donors (Lipinski definition) is 1. The molecular formula is C20H23Cl2N3O. The Hall–Kier alpha value is -1.75. The Balaban J connectivity index is 1.37. The lowest BCUT2D eigenvalue weighted by Crippen LogP contribution is -2.47. The molecule has 2 aromatic carbocycles. The Kier molecular flexibility index (Phi) is 6.78. The third-order valence-corrected chi connectivity index (χ3v) is 5.17. The van der Waals surface area contributed by atoms with Crippen molar-refractivity contribution in [3.8, 4) is 0 Å². The molecule has 1 aliphatic rings.